The summed E-state index contributed by atoms with van der Waals surface area (Å²) in [6, 6.07) is -4.18. The number of nitrogens with one attached hydrogen (secondary N) is 5. The third-order valence-corrected chi connectivity index (χ3v) is 4.36. The maximum atomic E-state index is 12.2. The van der Waals surface area contributed by atoms with Gasteiger partial charge in [-0.25, -0.2) is 0 Å². The Labute approximate surface area is 163 Å². The predicted molar refractivity (Wildman–Crippen MR) is 99.1 cm³/mol. The maximum absolute atomic E-state index is 12.2. The van der Waals surface area contributed by atoms with Crippen LogP contribution in [0.3, 0.4) is 0 Å². The van der Waals surface area contributed by atoms with Gasteiger partial charge in [0.15, 0.2) is 0 Å². The van der Waals surface area contributed by atoms with Gasteiger partial charge in [0.2, 0.25) is 23.6 Å². The summed E-state index contributed by atoms with van der Waals surface area (Å²) in [6.07, 6.45) is 1.60. The minimum atomic E-state index is -1.20. The lowest BCUT2D eigenvalue weighted by molar-refractivity contribution is -0.141. The van der Waals surface area contributed by atoms with E-state index in [1.54, 1.807) is 0 Å². The van der Waals surface area contributed by atoms with Gasteiger partial charge in [-0.3, -0.25) is 24.0 Å². The molecule has 0 saturated carbocycles. The Balaban J connectivity index is 2.44. The number of amides is 4. The Morgan fingerprint density at radius 1 is 0.786 bits per heavy atom. The van der Waals surface area contributed by atoms with Crippen molar-refractivity contribution < 1.29 is 29.1 Å². The lowest BCUT2D eigenvalue weighted by atomic mass is 10.2. The molecule has 0 spiro atoms. The smallest absolute Gasteiger partial charge is 0.325 e. The molecule has 11 nitrogen and oxygen atoms in total. The Kier molecular flexibility index (Phi) is 8.83. The highest BCUT2D eigenvalue weighted by molar-refractivity contribution is 5.94. The van der Waals surface area contributed by atoms with Crippen molar-refractivity contribution in [2.24, 2.45) is 0 Å². The van der Waals surface area contributed by atoms with Crippen LogP contribution < -0.4 is 26.6 Å². The van der Waals surface area contributed by atoms with E-state index in [1.807, 2.05) is 0 Å². The molecule has 0 aliphatic carbocycles. The van der Waals surface area contributed by atoms with E-state index in [9.17, 15) is 24.0 Å². The predicted octanol–water partition coefficient (Wildman–Crippen LogP) is -2.16. The fourth-order valence-electron chi connectivity index (χ4n) is 2.50. The second-order valence-corrected chi connectivity index (χ2v) is 6.91. The van der Waals surface area contributed by atoms with E-state index < -0.39 is 47.9 Å². The zero-order valence-electron chi connectivity index (χ0n) is 16.5. The van der Waals surface area contributed by atoms with Crippen LogP contribution in [0.2, 0.25) is 0 Å². The van der Waals surface area contributed by atoms with E-state index in [0.29, 0.717) is 6.42 Å². The summed E-state index contributed by atoms with van der Waals surface area (Å²) < 4.78 is 0. The molecule has 1 aliphatic heterocycles. The second-order valence-electron chi connectivity index (χ2n) is 6.91. The molecule has 0 unspecified atom stereocenters. The van der Waals surface area contributed by atoms with E-state index in [0.717, 1.165) is 13.0 Å². The van der Waals surface area contributed by atoms with Crippen LogP contribution in [0.15, 0.2) is 0 Å². The summed E-state index contributed by atoms with van der Waals surface area (Å²) in [5.41, 5.74) is 0. The molecule has 11 heteroatoms. The molecule has 1 fully saturated rings. The number of aliphatic carboxylic acids is 1. The van der Waals surface area contributed by atoms with Crippen LogP contribution in [0.4, 0.5) is 0 Å². The first kappa shape index (κ1) is 23.3. The van der Waals surface area contributed by atoms with Crippen LogP contribution in [-0.4, -0.2) is 71.5 Å². The molecule has 158 valence electrons. The van der Waals surface area contributed by atoms with E-state index in [2.05, 4.69) is 26.6 Å². The quantitative estimate of drug-likeness (QED) is 0.257. The van der Waals surface area contributed by atoms with Crippen molar-refractivity contribution in [3.8, 4) is 0 Å². The standard InChI is InChI=1S/C17H29N5O6/c1-8(13(23)20-9(2)15(25)22-11(4)17(27)28)19-14(24)10(3)21-16(26)12-6-5-7-18-12/h8-12,18H,5-7H2,1-4H3,(H,19,24)(H,20,23)(H,21,26)(H,22,25)(H,27,28)/t8-,9-,10-,11-,12-/m0/s1. The molecular formula is C17H29N5O6. The molecule has 0 aromatic carbocycles. The average molecular weight is 399 g/mol. The lowest BCUT2D eigenvalue weighted by Crippen LogP contribution is -2.56. The van der Waals surface area contributed by atoms with Gasteiger partial charge in [-0.2, -0.15) is 0 Å². The van der Waals surface area contributed by atoms with Crippen LogP contribution in [0, 0.1) is 0 Å². The monoisotopic (exact) mass is 399 g/mol. The van der Waals surface area contributed by atoms with Gasteiger partial charge in [-0.15, -0.1) is 0 Å². The summed E-state index contributed by atoms with van der Waals surface area (Å²) in [5, 5.41) is 21.5. The molecule has 1 saturated heterocycles. The number of hydrogen-bond acceptors (Lipinski definition) is 6. The Morgan fingerprint density at radius 2 is 1.21 bits per heavy atom. The number of carboxylic acid groups (broad SMARTS) is 1. The van der Waals surface area contributed by atoms with Crippen molar-refractivity contribution in [1.82, 2.24) is 26.6 Å². The first-order chi connectivity index (χ1) is 13.0. The van der Waals surface area contributed by atoms with Gasteiger partial charge in [-0.1, -0.05) is 0 Å². The number of carboxylic acids is 1. The van der Waals surface area contributed by atoms with Gasteiger partial charge in [-0.05, 0) is 47.1 Å². The molecular weight excluding hydrogens is 370 g/mol. The summed E-state index contributed by atoms with van der Waals surface area (Å²) in [7, 11) is 0. The fraction of sp³-hybridized carbons (Fsp3) is 0.706. The van der Waals surface area contributed by atoms with Gasteiger partial charge in [0.05, 0.1) is 6.04 Å². The van der Waals surface area contributed by atoms with Crippen molar-refractivity contribution in [2.75, 3.05) is 6.54 Å². The van der Waals surface area contributed by atoms with Gasteiger partial charge in [0, 0.05) is 0 Å². The van der Waals surface area contributed by atoms with Crippen molar-refractivity contribution in [3.63, 3.8) is 0 Å². The number of carbonyl (C=O) groups excluding carboxylic acids is 4. The van der Waals surface area contributed by atoms with E-state index >= 15 is 0 Å². The molecule has 1 rings (SSSR count). The highest BCUT2D eigenvalue weighted by Crippen LogP contribution is 2.05. The zero-order valence-corrected chi connectivity index (χ0v) is 16.5. The molecule has 0 aromatic heterocycles. The van der Waals surface area contributed by atoms with E-state index in [1.165, 1.54) is 27.7 Å². The summed E-state index contributed by atoms with van der Waals surface area (Å²) in [4.78, 5) is 59.0. The zero-order chi connectivity index (χ0) is 21.4. The van der Waals surface area contributed by atoms with E-state index in [-0.39, 0.29) is 11.9 Å². The average Bonchev–Trinajstić information content (AvgIpc) is 3.15. The molecule has 1 heterocycles. The maximum Gasteiger partial charge on any atom is 0.325 e. The van der Waals surface area contributed by atoms with Gasteiger partial charge in [0.25, 0.3) is 0 Å². The van der Waals surface area contributed by atoms with Crippen LogP contribution >= 0.6 is 0 Å². The van der Waals surface area contributed by atoms with Crippen molar-refractivity contribution in [2.45, 2.75) is 70.7 Å². The normalized spacial score (nSPS) is 20.2. The molecule has 5 atom stereocenters. The van der Waals surface area contributed by atoms with Crippen molar-refractivity contribution >= 4 is 29.6 Å². The third-order valence-electron chi connectivity index (χ3n) is 4.36. The van der Waals surface area contributed by atoms with Crippen LogP contribution in [-0.2, 0) is 24.0 Å². The number of hydrogen-bond donors (Lipinski definition) is 6. The Hall–Kier alpha value is -2.69. The fourth-order valence-corrected chi connectivity index (χ4v) is 2.50. The molecule has 0 aromatic rings. The minimum Gasteiger partial charge on any atom is -0.480 e. The summed E-state index contributed by atoms with van der Waals surface area (Å²) in [5.74, 6) is -3.28. The van der Waals surface area contributed by atoms with Crippen LogP contribution in [0.25, 0.3) is 0 Å². The summed E-state index contributed by atoms with van der Waals surface area (Å²) >= 11 is 0. The van der Waals surface area contributed by atoms with E-state index in [4.69, 9.17) is 5.11 Å². The van der Waals surface area contributed by atoms with Crippen molar-refractivity contribution in [1.29, 1.82) is 0 Å². The molecule has 1 aliphatic rings. The molecule has 6 N–H and O–H groups in total. The second kappa shape index (κ2) is 10.6. The Bertz CT molecular complexity index is 619. The lowest BCUT2D eigenvalue weighted by Gasteiger charge is -2.21. The van der Waals surface area contributed by atoms with Gasteiger partial charge >= 0.3 is 5.97 Å². The number of rotatable bonds is 9. The molecule has 0 bridgehead atoms. The molecule has 0 radical (unpaired) electrons. The van der Waals surface area contributed by atoms with Crippen molar-refractivity contribution in [3.05, 3.63) is 0 Å². The highest BCUT2D eigenvalue weighted by atomic mass is 16.4. The van der Waals surface area contributed by atoms with Gasteiger partial charge < -0.3 is 31.7 Å². The number of carbonyl (C=O) groups is 5. The van der Waals surface area contributed by atoms with Crippen LogP contribution in [0.1, 0.15) is 40.5 Å². The highest BCUT2D eigenvalue weighted by Gasteiger charge is 2.27. The Morgan fingerprint density at radius 3 is 1.61 bits per heavy atom. The third kappa shape index (κ3) is 7.14. The topological polar surface area (TPSA) is 166 Å². The first-order valence-corrected chi connectivity index (χ1v) is 9.20. The molecule has 4 amide bonds. The van der Waals surface area contributed by atoms with Gasteiger partial charge in [0.1, 0.15) is 24.2 Å². The first-order valence-electron chi connectivity index (χ1n) is 9.20. The van der Waals surface area contributed by atoms with Crippen LogP contribution in [0.5, 0.6) is 0 Å². The summed E-state index contributed by atoms with van der Waals surface area (Å²) in [6.45, 7) is 6.40. The SMILES string of the molecule is C[C@H](NC(=O)[C@H](C)NC(=O)[C@H](C)NC(=O)[C@H](C)NC(=O)[C@@H]1CCCN1)C(=O)O. The molecule has 28 heavy (non-hydrogen) atoms. The largest absolute Gasteiger partial charge is 0.480 e. The minimum absolute atomic E-state index is 0.268.